The third kappa shape index (κ3) is 1.70. The minimum Gasteiger partial charge on any atom is -0.481 e. The Morgan fingerprint density at radius 3 is 2.62 bits per heavy atom. The summed E-state index contributed by atoms with van der Waals surface area (Å²) in [5, 5.41) is 17.3. The summed E-state index contributed by atoms with van der Waals surface area (Å²) in [7, 11) is 1.90. The van der Waals surface area contributed by atoms with Gasteiger partial charge in [0.05, 0.1) is 5.92 Å². The van der Waals surface area contributed by atoms with Gasteiger partial charge in [-0.15, -0.1) is 10.2 Å². The molecule has 3 atom stereocenters. The lowest BCUT2D eigenvalue weighted by molar-refractivity contribution is -0.142. The average Bonchev–Trinajstić information content (AvgIpc) is 2.73. The molecule has 1 fully saturated rings. The number of rotatable bonds is 2. The van der Waals surface area contributed by atoms with Crippen LogP contribution >= 0.6 is 0 Å². The second-order valence-electron chi connectivity index (χ2n) is 4.79. The minimum atomic E-state index is -0.713. The molecule has 1 heterocycles. The Morgan fingerprint density at radius 1 is 1.44 bits per heavy atom. The van der Waals surface area contributed by atoms with Gasteiger partial charge in [-0.05, 0) is 25.7 Å². The maximum atomic E-state index is 11.2. The number of carboxylic acid groups (broad SMARTS) is 1. The summed E-state index contributed by atoms with van der Waals surface area (Å²) in [5.41, 5.74) is 0. The monoisotopic (exact) mass is 223 g/mol. The molecule has 0 aliphatic heterocycles. The average molecular weight is 223 g/mol. The van der Waals surface area contributed by atoms with Crippen LogP contribution in [0, 0.1) is 18.8 Å². The lowest BCUT2D eigenvalue weighted by atomic mass is 9.95. The zero-order valence-electron chi connectivity index (χ0n) is 9.84. The summed E-state index contributed by atoms with van der Waals surface area (Å²) in [6, 6.07) is 0. The molecule has 88 valence electrons. The lowest BCUT2D eigenvalue weighted by Gasteiger charge is -2.14. The number of hydrogen-bond acceptors (Lipinski definition) is 3. The molecule has 3 unspecified atom stereocenters. The molecular weight excluding hydrogens is 206 g/mol. The molecule has 0 bridgehead atoms. The first kappa shape index (κ1) is 11.1. The Bertz CT molecular complexity index is 413. The van der Waals surface area contributed by atoms with E-state index in [1.54, 1.807) is 0 Å². The Kier molecular flexibility index (Phi) is 2.69. The Balaban J connectivity index is 2.32. The van der Waals surface area contributed by atoms with Crippen LogP contribution in [0.5, 0.6) is 0 Å². The molecule has 1 aromatic rings. The normalized spacial score (nSPS) is 29.6. The van der Waals surface area contributed by atoms with Crippen molar-refractivity contribution >= 4 is 5.97 Å². The van der Waals surface area contributed by atoms with Crippen LogP contribution in [0.4, 0.5) is 0 Å². The van der Waals surface area contributed by atoms with E-state index in [0.29, 0.717) is 5.92 Å². The van der Waals surface area contributed by atoms with Crippen molar-refractivity contribution < 1.29 is 9.90 Å². The fourth-order valence-electron chi connectivity index (χ4n) is 2.60. The molecule has 5 nitrogen and oxygen atoms in total. The quantitative estimate of drug-likeness (QED) is 0.821. The number of nitrogens with zero attached hydrogens (tertiary/aromatic N) is 3. The van der Waals surface area contributed by atoms with Gasteiger partial charge in [0.15, 0.2) is 0 Å². The zero-order valence-corrected chi connectivity index (χ0v) is 9.84. The molecule has 0 saturated heterocycles. The molecule has 16 heavy (non-hydrogen) atoms. The first-order valence-electron chi connectivity index (χ1n) is 5.59. The largest absolute Gasteiger partial charge is 0.481 e. The van der Waals surface area contributed by atoms with Gasteiger partial charge in [-0.25, -0.2) is 0 Å². The molecule has 0 amide bonds. The second-order valence-corrected chi connectivity index (χ2v) is 4.79. The van der Waals surface area contributed by atoms with E-state index >= 15 is 0 Å². The number of carboxylic acids is 1. The van der Waals surface area contributed by atoms with Gasteiger partial charge in [0.1, 0.15) is 11.6 Å². The summed E-state index contributed by atoms with van der Waals surface area (Å²) in [5.74, 6) is 1.09. The smallest absolute Gasteiger partial charge is 0.307 e. The third-order valence-electron chi connectivity index (χ3n) is 3.57. The number of hydrogen-bond donors (Lipinski definition) is 1. The summed E-state index contributed by atoms with van der Waals surface area (Å²) < 4.78 is 1.90. The minimum absolute atomic E-state index is 0.0127. The molecule has 1 N–H and O–H groups in total. The van der Waals surface area contributed by atoms with E-state index in [4.69, 9.17) is 0 Å². The predicted molar refractivity (Wildman–Crippen MR) is 58.0 cm³/mol. The number of carbonyl (C=O) groups is 1. The van der Waals surface area contributed by atoms with Crippen molar-refractivity contribution in [3.05, 3.63) is 11.6 Å². The third-order valence-corrected chi connectivity index (χ3v) is 3.57. The van der Waals surface area contributed by atoms with E-state index in [0.717, 1.165) is 24.5 Å². The van der Waals surface area contributed by atoms with Crippen molar-refractivity contribution in [2.24, 2.45) is 18.9 Å². The molecule has 0 aromatic carbocycles. The van der Waals surface area contributed by atoms with E-state index in [1.807, 2.05) is 18.5 Å². The molecule has 1 aliphatic carbocycles. The second kappa shape index (κ2) is 3.88. The first-order chi connectivity index (χ1) is 7.50. The molecule has 5 heteroatoms. The van der Waals surface area contributed by atoms with Crippen LogP contribution < -0.4 is 0 Å². The highest BCUT2D eigenvalue weighted by Crippen LogP contribution is 2.42. The standard InChI is InChI=1S/C11H17N3O2/c1-6-4-8(9(5-6)11(15)16)10-13-12-7(2)14(10)3/h6,8-9H,4-5H2,1-3H3,(H,15,16). The Morgan fingerprint density at radius 2 is 2.12 bits per heavy atom. The van der Waals surface area contributed by atoms with Gasteiger partial charge < -0.3 is 9.67 Å². The van der Waals surface area contributed by atoms with Gasteiger partial charge in [0, 0.05) is 13.0 Å². The van der Waals surface area contributed by atoms with Crippen LogP contribution in [0.1, 0.15) is 37.3 Å². The number of aliphatic carboxylic acids is 1. The molecule has 0 radical (unpaired) electrons. The summed E-state index contributed by atoms with van der Waals surface area (Å²) >= 11 is 0. The highest BCUT2D eigenvalue weighted by atomic mass is 16.4. The Labute approximate surface area is 94.5 Å². The van der Waals surface area contributed by atoms with Crippen LogP contribution in [0.2, 0.25) is 0 Å². The summed E-state index contributed by atoms with van der Waals surface area (Å²) in [6.07, 6.45) is 1.63. The lowest BCUT2D eigenvalue weighted by Crippen LogP contribution is -2.19. The van der Waals surface area contributed by atoms with Gasteiger partial charge in [-0.1, -0.05) is 6.92 Å². The van der Waals surface area contributed by atoms with Crippen molar-refractivity contribution in [1.29, 1.82) is 0 Å². The molecule has 1 aliphatic rings. The highest BCUT2D eigenvalue weighted by molar-refractivity contribution is 5.71. The topological polar surface area (TPSA) is 68.0 Å². The maximum absolute atomic E-state index is 11.2. The van der Waals surface area contributed by atoms with Crippen molar-refractivity contribution in [3.8, 4) is 0 Å². The van der Waals surface area contributed by atoms with E-state index in [2.05, 4.69) is 17.1 Å². The SMILES string of the molecule is Cc1nnc(C2CC(C)CC2C(=O)O)n1C. The van der Waals surface area contributed by atoms with Crippen LogP contribution in [-0.2, 0) is 11.8 Å². The van der Waals surface area contributed by atoms with Gasteiger partial charge in [-0.3, -0.25) is 4.79 Å². The van der Waals surface area contributed by atoms with Crippen LogP contribution in [0.3, 0.4) is 0 Å². The first-order valence-corrected chi connectivity index (χ1v) is 5.59. The van der Waals surface area contributed by atoms with Gasteiger partial charge in [0.25, 0.3) is 0 Å². The summed E-state index contributed by atoms with van der Waals surface area (Å²) in [6.45, 7) is 3.98. The zero-order chi connectivity index (χ0) is 11.9. The fourth-order valence-corrected chi connectivity index (χ4v) is 2.60. The maximum Gasteiger partial charge on any atom is 0.307 e. The van der Waals surface area contributed by atoms with E-state index in [1.165, 1.54) is 0 Å². The molecule has 0 spiro atoms. The van der Waals surface area contributed by atoms with E-state index in [-0.39, 0.29) is 11.8 Å². The summed E-state index contributed by atoms with van der Waals surface area (Å²) in [4.78, 5) is 11.2. The highest BCUT2D eigenvalue weighted by Gasteiger charge is 2.40. The molecule has 1 aromatic heterocycles. The number of aromatic nitrogens is 3. The van der Waals surface area contributed by atoms with Gasteiger partial charge in [0.2, 0.25) is 0 Å². The van der Waals surface area contributed by atoms with Gasteiger partial charge >= 0.3 is 5.97 Å². The van der Waals surface area contributed by atoms with Crippen LogP contribution in [-0.4, -0.2) is 25.8 Å². The van der Waals surface area contributed by atoms with Crippen molar-refractivity contribution in [3.63, 3.8) is 0 Å². The van der Waals surface area contributed by atoms with Crippen LogP contribution in [0.25, 0.3) is 0 Å². The fraction of sp³-hybridized carbons (Fsp3) is 0.727. The van der Waals surface area contributed by atoms with Crippen molar-refractivity contribution in [1.82, 2.24) is 14.8 Å². The predicted octanol–water partition coefficient (Wildman–Crippen LogP) is 1.34. The molecular formula is C11H17N3O2. The van der Waals surface area contributed by atoms with Gasteiger partial charge in [-0.2, -0.15) is 0 Å². The van der Waals surface area contributed by atoms with Crippen molar-refractivity contribution in [2.45, 2.75) is 32.6 Å². The van der Waals surface area contributed by atoms with E-state index in [9.17, 15) is 9.90 Å². The number of aryl methyl sites for hydroxylation is 1. The molecule has 2 rings (SSSR count). The molecule has 1 saturated carbocycles. The van der Waals surface area contributed by atoms with Crippen LogP contribution in [0.15, 0.2) is 0 Å². The Hall–Kier alpha value is -1.39. The van der Waals surface area contributed by atoms with E-state index < -0.39 is 5.97 Å². The van der Waals surface area contributed by atoms with Crippen molar-refractivity contribution in [2.75, 3.05) is 0 Å².